The highest BCUT2D eigenvalue weighted by Gasteiger charge is 2.22. The van der Waals surface area contributed by atoms with E-state index >= 15 is 0 Å². The molecule has 0 aromatic rings. The lowest BCUT2D eigenvalue weighted by Gasteiger charge is -2.29. The molecule has 3 nitrogen and oxygen atoms in total. The molecule has 3 heteroatoms. The van der Waals surface area contributed by atoms with Gasteiger partial charge in [-0.05, 0) is 25.2 Å². The summed E-state index contributed by atoms with van der Waals surface area (Å²) in [5.41, 5.74) is 3.00. The molecule has 0 aromatic carbocycles. The van der Waals surface area contributed by atoms with Gasteiger partial charge in [-0.25, -0.2) is 0 Å². The number of hydrogen-bond acceptors (Lipinski definition) is 3. The summed E-state index contributed by atoms with van der Waals surface area (Å²) in [5.74, 6) is 6.31. The van der Waals surface area contributed by atoms with E-state index in [4.69, 9.17) is 10.6 Å². The van der Waals surface area contributed by atoms with Crippen molar-refractivity contribution in [2.75, 3.05) is 13.2 Å². The average molecular weight is 256 g/mol. The second-order valence-corrected chi connectivity index (χ2v) is 5.66. The molecule has 0 aliphatic carbocycles. The van der Waals surface area contributed by atoms with Gasteiger partial charge in [0.25, 0.3) is 0 Å². The van der Waals surface area contributed by atoms with Gasteiger partial charge in [0.1, 0.15) is 0 Å². The molecule has 0 aromatic heterocycles. The van der Waals surface area contributed by atoms with Crippen LogP contribution in [0.25, 0.3) is 0 Å². The fraction of sp³-hybridized carbons (Fsp3) is 1.00. The SMILES string of the molecule is CCCCCCCCCC(NN)C1CCCOC1. The van der Waals surface area contributed by atoms with Gasteiger partial charge < -0.3 is 4.74 Å². The van der Waals surface area contributed by atoms with E-state index in [2.05, 4.69) is 12.3 Å². The Morgan fingerprint density at radius 1 is 1.17 bits per heavy atom. The smallest absolute Gasteiger partial charge is 0.0509 e. The number of unbranched alkanes of at least 4 members (excludes halogenated alkanes) is 6. The monoisotopic (exact) mass is 256 g/mol. The van der Waals surface area contributed by atoms with Gasteiger partial charge in [-0.1, -0.05) is 51.9 Å². The molecule has 0 spiro atoms. The first-order chi connectivity index (χ1) is 8.88. The zero-order chi connectivity index (χ0) is 13.1. The Bertz CT molecular complexity index is 181. The van der Waals surface area contributed by atoms with Crippen molar-refractivity contribution >= 4 is 0 Å². The van der Waals surface area contributed by atoms with E-state index in [1.54, 1.807) is 0 Å². The third-order valence-corrected chi connectivity index (χ3v) is 4.10. The summed E-state index contributed by atoms with van der Waals surface area (Å²) in [7, 11) is 0. The van der Waals surface area contributed by atoms with Crippen molar-refractivity contribution in [1.82, 2.24) is 5.43 Å². The van der Waals surface area contributed by atoms with Crippen LogP contribution in [0.3, 0.4) is 0 Å². The van der Waals surface area contributed by atoms with Crippen LogP contribution in [-0.2, 0) is 4.74 Å². The first-order valence-corrected chi connectivity index (χ1v) is 7.92. The minimum absolute atomic E-state index is 0.459. The van der Waals surface area contributed by atoms with Crippen molar-refractivity contribution in [2.24, 2.45) is 11.8 Å². The van der Waals surface area contributed by atoms with Crippen LogP contribution in [0.2, 0.25) is 0 Å². The third kappa shape index (κ3) is 6.72. The van der Waals surface area contributed by atoms with Crippen LogP contribution in [0.5, 0.6) is 0 Å². The van der Waals surface area contributed by atoms with Gasteiger partial charge in [0.15, 0.2) is 0 Å². The Kier molecular flexibility index (Phi) is 9.54. The van der Waals surface area contributed by atoms with Crippen LogP contribution in [0.4, 0.5) is 0 Å². The molecule has 1 rings (SSSR count). The Labute approximate surface area is 113 Å². The Morgan fingerprint density at radius 2 is 1.89 bits per heavy atom. The molecule has 0 radical (unpaired) electrons. The third-order valence-electron chi connectivity index (χ3n) is 4.10. The maximum atomic E-state index is 5.68. The van der Waals surface area contributed by atoms with Crippen LogP contribution in [0.15, 0.2) is 0 Å². The predicted molar refractivity (Wildman–Crippen MR) is 77.3 cm³/mol. The number of rotatable bonds is 10. The van der Waals surface area contributed by atoms with Gasteiger partial charge in [-0.15, -0.1) is 0 Å². The van der Waals surface area contributed by atoms with Gasteiger partial charge in [0, 0.05) is 12.6 Å². The number of hydrazine groups is 1. The summed E-state index contributed by atoms with van der Waals surface area (Å²) >= 11 is 0. The zero-order valence-corrected chi connectivity index (χ0v) is 12.1. The van der Waals surface area contributed by atoms with Crippen LogP contribution >= 0.6 is 0 Å². The van der Waals surface area contributed by atoms with Crippen molar-refractivity contribution in [3.8, 4) is 0 Å². The molecule has 2 atom stereocenters. The van der Waals surface area contributed by atoms with Crippen molar-refractivity contribution < 1.29 is 4.74 Å². The normalized spacial score (nSPS) is 22.0. The fourth-order valence-electron chi connectivity index (χ4n) is 2.86. The Hall–Kier alpha value is -0.120. The molecule has 1 aliphatic rings. The van der Waals surface area contributed by atoms with Gasteiger partial charge >= 0.3 is 0 Å². The fourth-order valence-corrected chi connectivity index (χ4v) is 2.86. The molecule has 108 valence electrons. The summed E-state index contributed by atoms with van der Waals surface area (Å²) in [6, 6.07) is 0.459. The highest BCUT2D eigenvalue weighted by atomic mass is 16.5. The minimum Gasteiger partial charge on any atom is -0.381 e. The molecule has 0 saturated carbocycles. The maximum Gasteiger partial charge on any atom is 0.0509 e. The quantitative estimate of drug-likeness (QED) is 0.358. The lowest BCUT2D eigenvalue weighted by atomic mass is 9.90. The van der Waals surface area contributed by atoms with Gasteiger partial charge in [-0.3, -0.25) is 11.3 Å². The molecule has 18 heavy (non-hydrogen) atoms. The molecular formula is C15H32N2O. The van der Waals surface area contributed by atoms with Crippen molar-refractivity contribution in [3.05, 3.63) is 0 Å². The number of nitrogens with two attached hydrogens (primary N) is 1. The van der Waals surface area contributed by atoms with E-state index in [9.17, 15) is 0 Å². The van der Waals surface area contributed by atoms with Crippen LogP contribution in [0, 0.1) is 5.92 Å². The Balaban J connectivity index is 2.00. The zero-order valence-electron chi connectivity index (χ0n) is 12.1. The molecule has 3 N–H and O–H groups in total. The summed E-state index contributed by atoms with van der Waals surface area (Å²) in [6.07, 6.45) is 13.3. The lowest BCUT2D eigenvalue weighted by molar-refractivity contribution is 0.0375. The number of ether oxygens (including phenoxy) is 1. The van der Waals surface area contributed by atoms with E-state index in [0.717, 1.165) is 13.2 Å². The molecule has 1 fully saturated rings. The Morgan fingerprint density at radius 3 is 2.50 bits per heavy atom. The van der Waals surface area contributed by atoms with Crippen LogP contribution in [-0.4, -0.2) is 19.3 Å². The van der Waals surface area contributed by atoms with E-state index in [1.165, 1.54) is 64.2 Å². The minimum atomic E-state index is 0.459. The van der Waals surface area contributed by atoms with E-state index in [1.807, 2.05) is 0 Å². The van der Waals surface area contributed by atoms with Crippen molar-refractivity contribution in [3.63, 3.8) is 0 Å². The van der Waals surface area contributed by atoms with Crippen molar-refractivity contribution in [2.45, 2.75) is 77.2 Å². The van der Waals surface area contributed by atoms with E-state index in [-0.39, 0.29) is 0 Å². The van der Waals surface area contributed by atoms with Crippen molar-refractivity contribution in [1.29, 1.82) is 0 Å². The molecule has 1 heterocycles. The molecule has 1 aliphatic heterocycles. The van der Waals surface area contributed by atoms with Gasteiger partial charge in [0.2, 0.25) is 0 Å². The number of hydrogen-bond donors (Lipinski definition) is 2. The highest BCUT2D eigenvalue weighted by Crippen LogP contribution is 2.21. The second-order valence-electron chi connectivity index (χ2n) is 5.66. The summed E-state index contributed by atoms with van der Waals surface area (Å²) in [4.78, 5) is 0. The van der Waals surface area contributed by atoms with E-state index in [0.29, 0.717) is 12.0 Å². The van der Waals surface area contributed by atoms with Gasteiger partial charge in [-0.2, -0.15) is 0 Å². The topological polar surface area (TPSA) is 47.3 Å². The highest BCUT2D eigenvalue weighted by molar-refractivity contribution is 4.76. The average Bonchev–Trinajstić information content (AvgIpc) is 2.43. The first kappa shape index (κ1) is 15.9. The molecule has 2 unspecified atom stereocenters. The summed E-state index contributed by atoms with van der Waals surface area (Å²) < 4.78 is 5.54. The second kappa shape index (κ2) is 10.8. The molecule has 0 bridgehead atoms. The summed E-state index contributed by atoms with van der Waals surface area (Å²) in [6.45, 7) is 4.10. The van der Waals surface area contributed by atoms with Gasteiger partial charge in [0.05, 0.1) is 6.61 Å². The summed E-state index contributed by atoms with van der Waals surface area (Å²) in [5, 5.41) is 0. The maximum absolute atomic E-state index is 5.68. The number of nitrogens with one attached hydrogen (secondary N) is 1. The lowest BCUT2D eigenvalue weighted by Crippen LogP contribution is -2.43. The van der Waals surface area contributed by atoms with Crippen LogP contribution in [0.1, 0.15) is 71.1 Å². The molecular weight excluding hydrogens is 224 g/mol. The van der Waals surface area contributed by atoms with Crippen LogP contribution < -0.4 is 11.3 Å². The standard InChI is InChI=1S/C15H32N2O/c1-2-3-4-5-6-7-8-11-15(17-16)14-10-9-12-18-13-14/h14-15,17H,2-13,16H2,1H3. The first-order valence-electron chi connectivity index (χ1n) is 7.92. The molecule has 1 saturated heterocycles. The predicted octanol–water partition coefficient (Wildman–Crippen LogP) is 3.39. The molecule has 0 amide bonds. The van der Waals surface area contributed by atoms with E-state index < -0.39 is 0 Å². The largest absolute Gasteiger partial charge is 0.381 e.